The van der Waals surface area contributed by atoms with E-state index in [1.54, 1.807) is 0 Å². The lowest BCUT2D eigenvalue weighted by atomic mass is 9.99. The zero-order valence-corrected chi connectivity index (χ0v) is 16.4. The number of benzene rings is 3. The first-order valence-corrected chi connectivity index (χ1v) is 9.78. The van der Waals surface area contributed by atoms with E-state index >= 15 is 0 Å². The number of aliphatic carboxylic acids is 1. The first-order valence-electron chi connectivity index (χ1n) is 9.78. The van der Waals surface area contributed by atoms with Gasteiger partial charge < -0.3 is 9.84 Å². The van der Waals surface area contributed by atoms with E-state index < -0.39 is 5.97 Å². The van der Waals surface area contributed by atoms with Crippen LogP contribution in [0.2, 0.25) is 0 Å². The third kappa shape index (κ3) is 4.78. The number of carboxylic acid groups (broad SMARTS) is 1. The highest BCUT2D eigenvalue weighted by Crippen LogP contribution is 2.27. The molecule has 0 fully saturated rings. The highest BCUT2D eigenvalue weighted by molar-refractivity contribution is 6.02. The van der Waals surface area contributed by atoms with Crippen LogP contribution in [0.15, 0.2) is 88.2 Å². The second-order valence-corrected chi connectivity index (χ2v) is 6.96. The average Bonchev–Trinajstić information content (AvgIpc) is 3.32. The lowest BCUT2D eigenvalue weighted by Gasteiger charge is -2.08. The van der Waals surface area contributed by atoms with Crippen molar-refractivity contribution >= 4 is 11.7 Å². The molecular weight excluding hydrogens is 378 g/mol. The van der Waals surface area contributed by atoms with E-state index in [2.05, 4.69) is 51.8 Å². The molecule has 0 saturated heterocycles. The lowest BCUT2D eigenvalue weighted by Crippen LogP contribution is -2.01. The Kier molecular flexibility index (Phi) is 5.94. The molecule has 1 N–H and O–H groups in total. The van der Waals surface area contributed by atoms with E-state index in [1.807, 2.05) is 36.4 Å². The minimum Gasteiger partial charge on any atom is -0.494 e. The smallest absolute Gasteiger partial charge is 0.303 e. The van der Waals surface area contributed by atoms with Crippen molar-refractivity contribution in [2.75, 3.05) is 13.2 Å². The van der Waals surface area contributed by atoms with Gasteiger partial charge in [-0.15, -0.1) is 5.10 Å². The maximum Gasteiger partial charge on any atom is 0.303 e. The minimum atomic E-state index is -0.802. The summed E-state index contributed by atoms with van der Waals surface area (Å²) in [5.41, 5.74) is 6.45. The van der Waals surface area contributed by atoms with Crippen molar-refractivity contribution < 1.29 is 14.6 Å². The van der Waals surface area contributed by atoms with Gasteiger partial charge in [-0.1, -0.05) is 60.7 Å². The summed E-state index contributed by atoms with van der Waals surface area (Å²) in [6.07, 6.45) is 0.617. The van der Waals surface area contributed by atoms with E-state index in [4.69, 9.17) is 9.84 Å². The third-order valence-corrected chi connectivity index (χ3v) is 4.88. The molecule has 0 radical (unpaired) electrons. The number of rotatable bonds is 8. The number of carbonyl (C=O) groups is 1. The molecule has 0 atom stereocenters. The summed E-state index contributed by atoms with van der Waals surface area (Å²) >= 11 is 0. The Morgan fingerprint density at radius 1 is 0.800 bits per heavy atom. The number of hydrogen-bond acceptors (Lipinski definition) is 5. The Morgan fingerprint density at radius 2 is 1.30 bits per heavy atom. The summed E-state index contributed by atoms with van der Waals surface area (Å²) in [5, 5.41) is 20.2. The summed E-state index contributed by atoms with van der Waals surface area (Å²) in [4.78, 5) is 10.5. The molecule has 0 saturated carbocycles. The van der Waals surface area contributed by atoms with Gasteiger partial charge in [0.25, 0.3) is 0 Å². The van der Waals surface area contributed by atoms with Crippen LogP contribution < -0.4 is 4.74 Å². The van der Waals surface area contributed by atoms with Gasteiger partial charge >= 0.3 is 5.97 Å². The maximum absolute atomic E-state index is 10.5. The van der Waals surface area contributed by atoms with Crippen LogP contribution in [-0.4, -0.2) is 29.9 Å². The largest absolute Gasteiger partial charge is 0.494 e. The molecule has 4 rings (SSSR count). The SMILES string of the molecule is O=C(O)CCCOc1ccc(-c2ccc(-c3ccc(C4=NN=NC4)cc3)cc2)cc1. The molecule has 0 amide bonds. The normalized spacial score (nSPS) is 12.6. The van der Waals surface area contributed by atoms with Crippen LogP contribution in [0.1, 0.15) is 18.4 Å². The van der Waals surface area contributed by atoms with Crippen LogP contribution in [0.3, 0.4) is 0 Å². The molecule has 6 nitrogen and oxygen atoms in total. The first-order chi connectivity index (χ1) is 14.7. The van der Waals surface area contributed by atoms with E-state index in [0.29, 0.717) is 19.6 Å². The van der Waals surface area contributed by atoms with Crippen molar-refractivity contribution in [1.82, 2.24) is 0 Å². The van der Waals surface area contributed by atoms with E-state index in [0.717, 1.165) is 39.3 Å². The topological polar surface area (TPSA) is 83.6 Å². The van der Waals surface area contributed by atoms with Crippen LogP contribution in [0, 0.1) is 0 Å². The Hall–Kier alpha value is -3.80. The summed E-state index contributed by atoms with van der Waals surface area (Å²) in [6, 6.07) is 24.5. The van der Waals surface area contributed by atoms with E-state index in [-0.39, 0.29) is 6.42 Å². The number of ether oxygens (including phenoxy) is 1. The van der Waals surface area contributed by atoms with Crippen molar-refractivity contribution in [1.29, 1.82) is 0 Å². The summed E-state index contributed by atoms with van der Waals surface area (Å²) in [7, 11) is 0. The summed E-state index contributed by atoms with van der Waals surface area (Å²) < 4.78 is 5.59. The molecule has 3 aromatic rings. The van der Waals surface area contributed by atoms with Gasteiger partial charge in [0.2, 0.25) is 0 Å². The Balaban J connectivity index is 1.39. The Morgan fingerprint density at radius 3 is 1.77 bits per heavy atom. The molecule has 0 aliphatic carbocycles. The Bertz CT molecular complexity index is 1070. The van der Waals surface area contributed by atoms with Crippen LogP contribution in [-0.2, 0) is 4.79 Å². The van der Waals surface area contributed by atoms with Crippen LogP contribution in [0.4, 0.5) is 0 Å². The summed E-state index contributed by atoms with van der Waals surface area (Å²) in [5.74, 6) is -0.0585. The van der Waals surface area contributed by atoms with E-state index in [1.165, 1.54) is 0 Å². The molecule has 0 spiro atoms. The molecule has 3 aromatic carbocycles. The van der Waals surface area contributed by atoms with Gasteiger partial charge in [-0.3, -0.25) is 4.79 Å². The number of carboxylic acids is 1. The highest BCUT2D eigenvalue weighted by atomic mass is 16.5. The fourth-order valence-electron chi connectivity index (χ4n) is 3.23. The van der Waals surface area contributed by atoms with Gasteiger partial charge in [0.15, 0.2) is 0 Å². The number of hydrogen-bond donors (Lipinski definition) is 1. The fourth-order valence-corrected chi connectivity index (χ4v) is 3.23. The fraction of sp³-hybridized carbons (Fsp3) is 0.167. The Labute approximate surface area is 174 Å². The van der Waals surface area contributed by atoms with Gasteiger partial charge in [0.05, 0.1) is 12.3 Å². The second-order valence-electron chi connectivity index (χ2n) is 6.96. The molecule has 6 heteroatoms. The predicted molar refractivity (Wildman–Crippen MR) is 116 cm³/mol. The quantitative estimate of drug-likeness (QED) is 0.512. The number of nitrogens with zero attached hydrogens (tertiary/aromatic N) is 3. The van der Waals surface area contributed by atoms with Crippen molar-refractivity contribution in [3.63, 3.8) is 0 Å². The molecule has 0 bridgehead atoms. The molecule has 1 heterocycles. The monoisotopic (exact) mass is 399 g/mol. The second kappa shape index (κ2) is 9.13. The zero-order valence-electron chi connectivity index (χ0n) is 16.4. The zero-order chi connectivity index (χ0) is 20.8. The van der Waals surface area contributed by atoms with Crippen molar-refractivity contribution in [2.45, 2.75) is 12.8 Å². The first kappa shape index (κ1) is 19.5. The molecule has 1 aliphatic rings. The van der Waals surface area contributed by atoms with Crippen LogP contribution in [0.5, 0.6) is 5.75 Å². The van der Waals surface area contributed by atoms with Crippen molar-refractivity contribution in [2.24, 2.45) is 15.4 Å². The standard InChI is InChI=1S/C24H21N3O3/c28-24(29)2-1-15-30-22-13-11-20(12-14-22)18-5-3-17(4-6-18)19-7-9-21(10-8-19)23-16-25-27-26-23/h3-14H,1-2,15-16H2,(H,28,29). The van der Waals surface area contributed by atoms with Gasteiger partial charge in [-0.05, 0) is 51.6 Å². The van der Waals surface area contributed by atoms with Crippen LogP contribution >= 0.6 is 0 Å². The molecular formula is C24H21N3O3. The van der Waals surface area contributed by atoms with Gasteiger partial charge in [0, 0.05) is 6.42 Å². The highest BCUT2D eigenvalue weighted by Gasteiger charge is 2.08. The summed E-state index contributed by atoms with van der Waals surface area (Å²) in [6.45, 7) is 0.941. The molecule has 1 aliphatic heterocycles. The van der Waals surface area contributed by atoms with Gasteiger partial charge in [0.1, 0.15) is 12.3 Å². The van der Waals surface area contributed by atoms with Crippen LogP contribution in [0.25, 0.3) is 22.3 Å². The third-order valence-electron chi connectivity index (χ3n) is 4.88. The van der Waals surface area contributed by atoms with Crippen molar-refractivity contribution in [3.05, 3.63) is 78.4 Å². The van der Waals surface area contributed by atoms with E-state index in [9.17, 15) is 4.79 Å². The lowest BCUT2D eigenvalue weighted by molar-refractivity contribution is -0.137. The molecule has 0 unspecified atom stereocenters. The van der Waals surface area contributed by atoms with Gasteiger partial charge in [-0.25, -0.2) is 0 Å². The van der Waals surface area contributed by atoms with Crippen molar-refractivity contribution in [3.8, 4) is 28.0 Å². The molecule has 150 valence electrons. The molecule has 0 aromatic heterocycles. The average molecular weight is 399 g/mol. The molecule has 30 heavy (non-hydrogen) atoms. The minimum absolute atomic E-state index is 0.119. The maximum atomic E-state index is 10.5. The predicted octanol–water partition coefficient (Wildman–Crippen LogP) is 5.43. The van der Waals surface area contributed by atoms with Gasteiger partial charge in [-0.2, -0.15) is 5.11 Å².